The molecule has 0 radical (unpaired) electrons. The molecule has 4 nitrogen and oxygen atoms in total. The van der Waals surface area contributed by atoms with Crippen LogP contribution in [-0.2, 0) is 4.79 Å². The molecule has 1 saturated heterocycles. The molecule has 116 valence electrons. The highest BCUT2D eigenvalue weighted by molar-refractivity contribution is 5.76. The molecule has 1 aromatic rings. The fourth-order valence-corrected chi connectivity index (χ4v) is 2.84. The summed E-state index contributed by atoms with van der Waals surface area (Å²) in [4.78, 5) is 14.2. The van der Waals surface area contributed by atoms with E-state index in [1.807, 2.05) is 23.1 Å². The summed E-state index contributed by atoms with van der Waals surface area (Å²) in [6, 6.07) is 7.31. The minimum absolute atomic E-state index is 0.204. The molecule has 2 N–H and O–H groups in total. The lowest BCUT2D eigenvalue weighted by Crippen LogP contribution is -2.32. The molecule has 0 aliphatic carbocycles. The minimum Gasteiger partial charge on any atom is -0.493 e. The zero-order chi connectivity index (χ0) is 15.1. The second-order valence-electron chi connectivity index (χ2n) is 5.76. The van der Waals surface area contributed by atoms with Crippen LogP contribution in [0.5, 0.6) is 5.75 Å². The third-order valence-corrected chi connectivity index (χ3v) is 4.22. The highest BCUT2D eigenvalue weighted by atomic mass is 16.5. The molecule has 1 aliphatic heterocycles. The maximum atomic E-state index is 12.2. The predicted octanol–water partition coefficient (Wildman–Crippen LogP) is 3.08. The van der Waals surface area contributed by atoms with Gasteiger partial charge in [-0.05, 0) is 37.3 Å². The van der Waals surface area contributed by atoms with Crippen molar-refractivity contribution in [2.24, 2.45) is 5.92 Å². The summed E-state index contributed by atoms with van der Waals surface area (Å²) in [6.45, 7) is 4.45. The second kappa shape index (κ2) is 7.91. The van der Waals surface area contributed by atoms with Crippen molar-refractivity contribution in [1.82, 2.24) is 4.90 Å². The molecular formula is C17H26N2O2. The van der Waals surface area contributed by atoms with Gasteiger partial charge in [0.25, 0.3) is 0 Å². The number of hydrogen-bond acceptors (Lipinski definition) is 3. The lowest BCUT2D eigenvalue weighted by molar-refractivity contribution is -0.131. The van der Waals surface area contributed by atoms with Gasteiger partial charge in [-0.1, -0.05) is 19.4 Å². The average Bonchev–Trinajstić information content (AvgIpc) is 2.72. The third-order valence-electron chi connectivity index (χ3n) is 4.22. The van der Waals surface area contributed by atoms with Crippen molar-refractivity contribution in [1.29, 1.82) is 0 Å². The number of anilines is 1. The summed E-state index contributed by atoms with van der Waals surface area (Å²) in [5, 5.41) is 0. The van der Waals surface area contributed by atoms with Gasteiger partial charge >= 0.3 is 0 Å². The third kappa shape index (κ3) is 4.96. The zero-order valence-corrected chi connectivity index (χ0v) is 12.9. The van der Waals surface area contributed by atoms with Gasteiger partial charge in [-0.25, -0.2) is 0 Å². The van der Waals surface area contributed by atoms with Crippen LogP contribution in [0, 0.1) is 5.92 Å². The van der Waals surface area contributed by atoms with E-state index in [1.54, 1.807) is 6.07 Å². The molecule has 0 bridgehead atoms. The molecule has 2 rings (SSSR count). The van der Waals surface area contributed by atoms with E-state index in [1.165, 1.54) is 12.8 Å². The average molecular weight is 290 g/mol. The predicted molar refractivity (Wildman–Crippen MR) is 85.2 cm³/mol. The highest BCUT2D eigenvalue weighted by Gasteiger charge is 2.19. The van der Waals surface area contributed by atoms with Gasteiger partial charge in [0.1, 0.15) is 5.75 Å². The van der Waals surface area contributed by atoms with Crippen molar-refractivity contribution in [3.05, 3.63) is 24.3 Å². The first kappa shape index (κ1) is 15.7. The van der Waals surface area contributed by atoms with Gasteiger partial charge < -0.3 is 15.4 Å². The van der Waals surface area contributed by atoms with Crippen LogP contribution in [0.1, 0.15) is 39.0 Å². The standard InChI is InChI=1S/C17H26N2O2/c1-2-14-5-4-10-19(11-8-14)17(20)9-12-21-16-7-3-6-15(18)13-16/h3,6-7,13-14H,2,4-5,8-12,18H2,1H3. The number of ether oxygens (including phenoxy) is 1. The Bertz CT molecular complexity index is 462. The SMILES string of the molecule is CCC1CCCN(C(=O)CCOc2cccc(N)c2)CC1. The van der Waals surface area contributed by atoms with E-state index < -0.39 is 0 Å². The number of carbonyl (C=O) groups excluding carboxylic acids is 1. The van der Waals surface area contributed by atoms with Gasteiger partial charge in [-0.3, -0.25) is 4.79 Å². The first-order chi connectivity index (χ1) is 10.2. The molecule has 0 aromatic heterocycles. The smallest absolute Gasteiger partial charge is 0.225 e. The van der Waals surface area contributed by atoms with Crippen molar-refractivity contribution in [2.45, 2.75) is 39.0 Å². The number of nitrogen functional groups attached to an aromatic ring is 1. The highest BCUT2D eigenvalue weighted by Crippen LogP contribution is 2.20. The van der Waals surface area contributed by atoms with Crippen LogP contribution >= 0.6 is 0 Å². The van der Waals surface area contributed by atoms with E-state index in [0.717, 1.165) is 37.6 Å². The summed E-state index contributed by atoms with van der Waals surface area (Å²) in [7, 11) is 0. The molecule has 1 heterocycles. The summed E-state index contributed by atoms with van der Waals surface area (Å²) in [6.07, 6.45) is 5.17. The largest absolute Gasteiger partial charge is 0.493 e. The molecule has 0 saturated carbocycles. The number of amides is 1. The Balaban J connectivity index is 1.74. The first-order valence-corrected chi connectivity index (χ1v) is 7.95. The van der Waals surface area contributed by atoms with Crippen LogP contribution < -0.4 is 10.5 Å². The molecular weight excluding hydrogens is 264 g/mol. The van der Waals surface area contributed by atoms with E-state index >= 15 is 0 Å². The van der Waals surface area contributed by atoms with Gasteiger partial charge in [0.2, 0.25) is 5.91 Å². The molecule has 4 heteroatoms. The number of hydrogen-bond donors (Lipinski definition) is 1. The van der Waals surface area contributed by atoms with E-state index in [0.29, 0.717) is 18.7 Å². The van der Waals surface area contributed by atoms with E-state index in [9.17, 15) is 4.79 Å². The molecule has 1 unspecified atom stereocenters. The lowest BCUT2D eigenvalue weighted by atomic mass is 9.98. The van der Waals surface area contributed by atoms with Crippen LogP contribution in [0.25, 0.3) is 0 Å². The summed E-state index contributed by atoms with van der Waals surface area (Å²) in [5.41, 5.74) is 6.37. The van der Waals surface area contributed by atoms with Gasteiger partial charge in [0, 0.05) is 24.8 Å². The molecule has 1 aliphatic rings. The monoisotopic (exact) mass is 290 g/mol. The van der Waals surface area contributed by atoms with Gasteiger partial charge in [0.15, 0.2) is 0 Å². The Morgan fingerprint density at radius 3 is 3.00 bits per heavy atom. The first-order valence-electron chi connectivity index (χ1n) is 7.95. The number of rotatable bonds is 5. The summed E-state index contributed by atoms with van der Waals surface area (Å²) in [5.74, 6) is 1.71. The topological polar surface area (TPSA) is 55.6 Å². The lowest BCUT2D eigenvalue weighted by Gasteiger charge is -2.20. The second-order valence-corrected chi connectivity index (χ2v) is 5.76. The molecule has 1 atom stereocenters. The Hall–Kier alpha value is -1.71. The number of benzene rings is 1. The van der Waals surface area contributed by atoms with E-state index in [-0.39, 0.29) is 5.91 Å². The Labute approximate surface area is 127 Å². The van der Waals surface area contributed by atoms with Crippen molar-refractivity contribution in [3.8, 4) is 5.75 Å². The maximum absolute atomic E-state index is 12.2. The van der Waals surface area contributed by atoms with E-state index in [4.69, 9.17) is 10.5 Å². The summed E-state index contributed by atoms with van der Waals surface area (Å²) < 4.78 is 5.59. The zero-order valence-electron chi connectivity index (χ0n) is 12.9. The normalized spacial score (nSPS) is 19.1. The minimum atomic E-state index is 0.204. The van der Waals surface area contributed by atoms with Gasteiger partial charge in [-0.15, -0.1) is 0 Å². The molecule has 21 heavy (non-hydrogen) atoms. The van der Waals surface area contributed by atoms with Crippen LogP contribution in [0.4, 0.5) is 5.69 Å². The Kier molecular flexibility index (Phi) is 5.90. The van der Waals surface area contributed by atoms with Crippen molar-refractivity contribution in [2.75, 3.05) is 25.4 Å². The summed E-state index contributed by atoms with van der Waals surface area (Å²) >= 11 is 0. The maximum Gasteiger partial charge on any atom is 0.225 e. The number of carbonyl (C=O) groups is 1. The fourth-order valence-electron chi connectivity index (χ4n) is 2.84. The molecule has 1 amide bonds. The Morgan fingerprint density at radius 1 is 1.38 bits per heavy atom. The van der Waals surface area contributed by atoms with Crippen molar-refractivity contribution < 1.29 is 9.53 Å². The fraction of sp³-hybridized carbons (Fsp3) is 0.588. The van der Waals surface area contributed by atoms with Gasteiger partial charge in [-0.2, -0.15) is 0 Å². The molecule has 1 fully saturated rings. The van der Waals surface area contributed by atoms with Gasteiger partial charge in [0.05, 0.1) is 13.0 Å². The van der Waals surface area contributed by atoms with Crippen LogP contribution in [0.3, 0.4) is 0 Å². The van der Waals surface area contributed by atoms with E-state index in [2.05, 4.69) is 6.92 Å². The van der Waals surface area contributed by atoms with Crippen molar-refractivity contribution in [3.63, 3.8) is 0 Å². The number of likely N-dealkylation sites (tertiary alicyclic amines) is 1. The quantitative estimate of drug-likeness (QED) is 0.848. The Morgan fingerprint density at radius 2 is 2.24 bits per heavy atom. The molecule has 0 spiro atoms. The number of nitrogens with two attached hydrogens (primary N) is 1. The van der Waals surface area contributed by atoms with Crippen LogP contribution in [-0.4, -0.2) is 30.5 Å². The molecule has 1 aromatic carbocycles. The van der Waals surface area contributed by atoms with Crippen LogP contribution in [0.2, 0.25) is 0 Å². The van der Waals surface area contributed by atoms with Crippen LogP contribution in [0.15, 0.2) is 24.3 Å². The number of nitrogens with zero attached hydrogens (tertiary/aromatic N) is 1. The van der Waals surface area contributed by atoms with Crippen molar-refractivity contribution >= 4 is 11.6 Å².